The third kappa shape index (κ3) is 5.80. The molecule has 0 aliphatic heterocycles. The van der Waals surface area contributed by atoms with Crippen LogP contribution in [0.1, 0.15) is 58.8 Å². The number of nitrogens with one attached hydrogen (secondary N) is 1. The second-order valence-corrected chi connectivity index (χ2v) is 5.76. The number of carbonyl (C=O) groups excluding carboxylic acids is 1. The molecule has 0 saturated heterocycles. The molecule has 0 aromatic carbocycles. The minimum atomic E-state index is -0.869. The van der Waals surface area contributed by atoms with Crippen molar-refractivity contribution < 1.29 is 14.7 Å². The maximum atomic E-state index is 12.1. The first-order valence-electron chi connectivity index (χ1n) is 7.80. The molecular weight excluding hydrogens is 256 g/mol. The number of urea groups is 1. The molecule has 1 aliphatic carbocycles. The molecule has 0 aromatic rings. The highest BCUT2D eigenvalue weighted by Crippen LogP contribution is 2.25. The highest BCUT2D eigenvalue weighted by atomic mass is 16.4. The van der Waals surface area contributed by atoms with Gasteiger partial charge in [-0.3, -0.25) is 4.79 Å². The van der Waals surface area contributed by atoms with Crippen LogP contribution in [0.25, 0.3) is 0 Å². The summed E-state index contributed by atoms with van der Waals surface area (Å²) in [6, 6.07) is -0.413. The molecular formula is C15H28N2O3. The average molecular weight is 284 g/mol. The summed E-state index contributed by atoms with van der Waals surface area (Å²) in [5, 5.41) is 11.7. The summed E-state index contributed by atoms with van der Waals surface area (Å²) in [5.41, 5.74) is 0. The van der Waals surface area contributed by atoms with Crippen LogP contribution in [-0.2, 0) is 4.79 Å². The molecule has 0 radical (unpaired) electrons. The van der Waals surface area contributed by atoms with Gasteiger partial charge < -0.3 is 15.3 Å². The van der Waals surface area contributed by atoms with Crippen LogP contribution in [0.4, 0.5) is 4.79 Å². The van der Waals surface area contributed by atoms with Gasteiger partial charge in [-0.25, -0.2) is 4.79 Å². The van der Waals surface area contributed by atoms with E-state index in [-0.39, 0.29) is 18.5 Å². The van der Waals surface area contributed by atoms with Gasteiger partial charge >= 0.3 is 12.0 Å². The molecule has 0 bridgehead atoms. The zero-order valence-corrected chi connectivity index (χ0v) is 12.7. The molecule has 0 heterocycles. The van der Waals surface area contributed by atoms with Crippen LogP contribution in [0.3, 0.4) is 0 Å². The van der Waals surface area contributed by atoms with Crippen molar-refractivity contribution in [2.75, 3.05) is 13.1 Å². The third-order valence-corrected chi connectivity index (χ3v) is 4.16. The van der Waals surface area contributed by atoms with Crippen molar-refractivity contribution in [3.63, 3.8) is 0 Å². The summed E-state index contributed by atoms with van der Waals surface area (Å²) in [6.45, 7) is 4.88. The topological polar surface area (TPSA) is 69.6 Å². The summed E-state index contributed by atoms with van der Waals surface area (Å²) in [5.74, 6) is -0.124. The monoisotopic (exact) mass is 284 g/mol. The number of aliphatic carboxylic acids is 1. The van der Waals surface area contributed by atoms with Crippen LogP contribution < -0.4 is 5.32 Å². The van der Waals surface area contributed by atoms with Crippen LogP contribution in [0.15, 0.2) is 0 Å². The van der Waals surface area contributed by atoms with E-state index in [9.17, 15) is 9.59 Å². The van der Waals surface area contributed by atoms with Crippen LogP contribution in [0.2, 0.25) is 0 Å². The van der Waals surface area contributed by atoms with Gasteiger partial charge in [0, 0.05) is 19.1 Å². The van der Waals surface area contributed by atoms with Crippen molar-refractivity contribution in [2.45, 2.75) is 64.8 Å². The Labute approximate surface area is 121 Å². The lowest BCUT2D eigenvalue weighted by Crippen LogP contribution is -2.46. The fraction of sp³-hybridized carbons (Fsp3) is 0.867. The Bertz CT molecular complexity index is 314. The van der Waals surface area contributed by atoms with Crippen molar-refractivity contribution >= 4 is 12.0 Å². The van der Waals surface area contributed by atoms with E-state index in [0.29, 0.717) is 13.1 Å². The first-order chi connectivity index (χ1) is 9.54. The summed E-state index contributed by atoms with van der Waals surface area (Å²) < 4.78 is 0. The van der Waals surface area contributed by atoms with Crippen LogP contribution in [0, 0.1) is 5.92 Å². The van der Waals surface area contributed by atoms with E-state index in [1.807, 2.05) is 6.92 Å². The van der Waals surface area contributed by atoms with Gasteiger partial charge in [-0.15, -0.1) is 0 Å². The van der Waals surface area contributed by atoms with Crippen molar-refractivity contribution in [1.29, 1.82) is 0 Å². The average Bonchev–Trinajstić information content (AvgIpc) is 2.40. The Hall–Kier alpha value is -1.26. The van der Waals surface area contributed by atoms with Crippen molar-refractivity contribution in [3.8, 4) is 0 Å². The van der Waals surface area contributed by atoms with E-state index < -0.39 is 5.97 Å². The highest BCUT2D eigenvalue weighted by Gasteiger charge is 2.21. The molecule has 1 fully saturated rings. The number of rotatable bonds is 7. The summed E-state index contributed by atoms with van der Waals surface area (Å²) in [7, 11) is 0. The molecule has 20 heavy (non-hydrogen) atoms. The van der Waals surface area contributed by atoms with Gasteiger partial charge in [-0.2, -0.15) is 0 Å². The summed E-state index contributed by atoms with van der Waals surface area (Å²) in [4.78, 5) is 24.4. The van der Waals surface area contributed by atoms with Gasteiger partial charge in [0.1, 0.15) is 0 Å². The Balaban J connectivity index is 2.29. The standard InChI is InChI=1S/C15H28N2O3/c1-3-17(12(2)11-14(18)19)15(20)16-10-9-13-7-5-4-6-8-13/h12-13H,3-11H2,1-2H3,(H,16,20)(H,18,19). The molecule has 0 spiro atoms. The minimum absolute atomic E-state index is 0.0100. The molecule has 2 amide bonds. The Kier molecular flexibility index (Phi) is 7.41. The summed E-state index contributed by atoms with van der Waals surface area (Å²) >= 11 is 0. The van der Waals surface area contributed by atoms with E-state index in [2.05, 4.69) is 5.32 Å². The minimum Gasteiger partial charge on any atom is -0.481 e. The third-order valence-electron chi connectivity index (χ3n) is 4.16. The number of hydrogen-bond donors (Lipinski definition) is 2. The SMILES string of the molecule is CCN(C(=O)NCCC1CCCCC1)C(C)CC(=O)O. The number of carbonyl (C=O) groups is 2. The van der Waals surface area contributed by atoms with Gasteiger partial charge in [0.2, 0.25) is 0 Å². The van der Waals surface area contributed by atoms with E-state index in [1.54, 1.807) is 11.8 Å². The second-order valence-electron chi connectivity index (χ2n) is 5.76. The normalized spacial score (nSPS) is 17.5. The molecule has 2 N–H and O–H groups in total. The molecule has 1 rings (SSSR count). The number of hydrogen-bond acceptors (Lipinski definition) is 2. The lowest BCUT2D eigenvalue weighted by atomic mass is 9.87. The maximum Gasteiger partial charge on any atom is 0.317 e. The molecule has 1 aliphatic rings. The molecule has 0 aromatic heterocycles. The van der Waals surface area contributed by atoms with Gasteiger partial charge in [0.25, 0.3) is 0 Å². The van der Waals surface area contributed by atoms with Gasteiger partial charge in [-0.05, 0) is 26.2 Å². The fourth-order valence-electron chi connectivity index (χ4n) is 2.98. The molecule has 5 nitrogen and oxygen atoms in total. The van der Waals surface area contributed by atoms with Gasteiger partial charge in [-0.1, -0.05) is 32.1 Å². The Morgan fingerprint density at radius 1 is 1.30 bits per heavy atom. The van der Waals surface area contributed by atoms with Crippen LogP contribution in [0.5, 0.6) is 0 Å². The first-order valence-corrected chi connectivity index (χ1v) is 7.80. The lowest BCUT2D eigenvalue weighted by molar-refractivity contribution is -0.138. The number of nitrogens with zero attached hydrogens (tertiary/aromatic N) is 1. The van der Waals surface area contributed by atoms with Crippen LogP contribution in [-0.4, -0.2) is 41.1 Å². The lowest BCUT2D eigenvalue weighted by Gasteiger charge is -2.28. The van der Waals surface area contributed by atoms with Gasteiger partial charge in [0.15, 0.2) is 0 Å². The van der Waals surface area contributed by atoms with E-state index in [1.165, 1.54) is 32.1 Å². The van der Waals surface area contributed by atoms with Crippen LogP contribution >= 0.6 is 0 Å². The predicted octanol–water partition coefficient (Wildman–Crippen LogP) is 2.85. The molecule has 1 atom stereocenters. The second kappa shape index (κ2) is 8.82. The fourth-order valence-corrected chi connectivity index (χ4v) is 2.98. The van der Waals surface area contributed by atoms with E-state index >= 15 is 0 Å². The Morgan fingerprint density at radius 2 is 1.95 bits per heavy atom. The largest absolute Gasteiger partial charge is 0.481 e. The van der Waals surface area contributed by atoms with Crippen molar-refractivity contribution in [1.82, 2.24) is 10.2 Å². The molecule has 5 heteroatoms. The predicted molar refractivity (Wildman–Crippen MR) is 78.7 cm³/mol. The summed E-state index contributed by atoms with van der Waals surface area (Å²) in [6.07, 6.45) is 7.57. The number of carboxylic acids is 1. The Morgan fingerprint density at radius 3 is 2.50 bits per heavy atom. The van der Waals surface area contributed by atoms with Crippen molar-refractivity contribution in [3.05, 3.63) is 0 Å². The zero-order valence-electron chi connectivity index (χ0n) is 12.7. The van der Waals surface area contributed by atoms with E-state index in [0.717, 1.165) is 12.3 Å². The quantitative estimate of drug-likeness (QED) is 0.755. The zero-order chi connectivity index (χ0) is 15.0. The maximum absolute atomic E-state index is 12.1. The molecule has 1 saturated carbocycles. The smallest absolute Gasteiger partial charge is 0.317 e. The number of amides is 2. The van der Waals surface area contributed by atoms with Gasteiger partial charge in [0.05, 0.1) is 6.42 Å². The first kappa shape index (κ1) is 16.8. The molecule has 1 unspecified atom stereocenters. The van der Waals surface area contributed by atoms with E-state index in [4.69, 9.17) is 5.11 Å². The van der Waals surface area contributed by atoms with Crippen molar-refractivity contribution in [2.24, 2.45) is 5.92 Å². The molecule has 116 valence electrons. The highest BCUT2D eigenvalue weighted by molar-refractivity contribution is 5.75. The number of carboxylic acid groups (broad SMARTS) is 1.